The molecule has 0 fully saturated rings. The first kappa shape index (κ1) is 45.0. The molecule has 0 N–H and O–H groups in total. The van der Waals surface area contributed by atoms with Gasteiger partial charge in [-0.25, -0.2) is 8.42 Å². The largest absolute Gasteiger partial charge is 0.744 e. The standard InChI is InChI=1S/C30H39O3S.C14H14O7S2/c1-28(2,3)31-22-10-16-25(17-11-22)34(26-18-12-23(13-19-26)32-29(4,5)6)27-20-14-24(15-21-27)33-30(7,8)9;1-10-3-5-11(6-4-10)23(18,19)21-13-8-7-12(22(15,16)17)9-14(13)20-2/h10-21H,1-9H3;3-9H,1-2H3,(H,15,16,17)/q+1;/p-1. The van der Waals surface area contributed by atoms with Crippen LogP contribution < -0.4 is 23.1 Å². The van der Waals surface area contributed by atoms with E-state index in [-0.39, 0.29) is 44.1 Å². The third-order valence-corrected chi connectivity index (χ3v) is 11.7. The van der Waals surface area contributed by atoms with Crippen molar-refractivity contribution in [1.29, 1.82) is 0 Å². The fourth-order valence-corrected chi connectivity index (χ4v) is 8.61. The van der Waals surface area contributed by atoms with E-state index in [0.717, 1.165) is 41.0 Å². The van der Waals surface area contributed by atoms with Crippen LogP contribution in [0.15, 0.2) is 140 Å². The molecular formula is C44H52O10S3. The summed E-state index contributed by atoms with van der Waals surface area (Å²) in [6.07, 6.45) is 0. The van der Waals surface area contributed by atoms with Gasteiger partial charge in [0.25, 0.3) is 0 Å². The SMILES string of the molecule is CC(C)(C)Oc1ccc([S+](c2ccc(OC(C)(C)C)cc2)c2ccc(OC(C)(C)C)cc2)cc1.COc1cc(S(=O)(=O)[O-])ccc1OS(=O)(=O)c1ccc(C)cc1. The minimum absolute atomic E-state index is 0.0642. The predicted octanol–water partition coefficient (Wildman–Crippen LogP) is 9.99. The maximum absolute atomic E-state index is 12.2. The van der Waals surface area contributed by atoms with E-state index < -0.39 is 25.1 Å². The fourth-order valence-electron chi connectivity index (χ4n) is 5.14. The highest BCUT2D eigenvalue weighted by Gasteiger charge is 2.30. The van der Waals surface area contributed by atoms with E-state index in [1.54, 1.807) is 12.1 Å². The Labute approximate surface area is 341 Å². The highest BCUT2D eigenvalue weighted by atomic mass is 32.2. The molecule has 0 aliphatic carbocycles. The van der Waals surface area contributed by atoms with Crippen molar-refractivity contribution < 1.29 is 44.5 Å². The zero-order valence-electron chi connectivity index (χ0n) is 34.3. The van der Waals surface area contributed by atoms with Gasteiger partial charge in [0, 0.05) is 6.07 Å². The molecule has 0 heterocycles. The lowest BCUT2D eigenvalue weighted by Gasteiger charge is -2.22. The van der Waals surface area contributed by atoms with Crippen LogP contribution in [-0.4, -0.2) is 45.3 Å². The third-order valence-electron chi connectivity index (χ3n) is 7.38. The molecule has 0 saturated carbocycles. The Morgan fingerprint density at radius 2 is 0.842 bits per heavy atom. The van der Waals surface area contributed by atoms with Gasteiger partial charge in [-0.2, -0.15) is 8.42 Å². The lowest BCUT2D eigenvalue weighted by molar-refractivity contribution is 0.130. The highest BCUT2D eigenvalue weighted by Crippen LogP contribution is 2.36. The van der Waals surface area contributed by atoms with Gasteiger partial charge in [0.15, 0.2) is 26.2 Å². The Kier molecular flexibility index (Phi) is 14.1. The van der Waals surface area contributed by atoms with Gasteiger partial charge in [-0.3, -0.25) is 0 Å². The van der Waals surface area contributed by atoms with Crippen LogP contribution in [0.25, 0.3) is 0 Å². The molecule has 5 aromatic rings. The molecule has 13 heteroatoms. The number of hydrogen-bond acceptors (Lipinski definition) is 10. The second kappa shape index (κ2) is 17.8. The molecule has 0 unspecified atom stereocenters. The van der Waals surface area contributed by atoms with Crippen LogP contribution in [0.2, 0.25) is 0 Å². The van der Waals surface area contributed by atoms with Crippen LogP contribution in [0.3, 0.4) is 0 Å². The third kappa shape index (κ3) is 14.0. The lowest BCUT2D eigenvalue weighted by atomic mass is 10.2. The number of aryl methyl sites for hydroxylation is 1. The molecule has 0 aliphatic heterocycles. The van der Waals surface area contributed by atoms with Crippen LogP contribution in [0.5, 0.6) is 28.7 Å². The minimum atomic E-state index is -4.69. The highest BCUT2D eigenvalue weighted by molar-refractivity contribution is 7.97. The molecular weight excluding hydrogens is 785 g/mol. The molecule has 0 amide bonds. The summed E-state index contributed by atoms with van der Waals surface area (Å²) in [5.74, 6) is 2.23. The maximum atomic E-state index is 12.2. The molecule has 0 atom stereocenters. The van der Waals surface area contributed by atoms with Crippen LogP contribution in [0, 0.1) is 6.92 Å². The molecule has 0 spiro atoms. The summed E-state index contributed by atoms with van der Waals surface area (Å²) in [5.41, 5.74) is 0.199. The van der Waals surface area contributed by atoms with E-state index in [0.29, 0.717) is 0 Å². The maximum Gasteiger partial charge on any atom is 0.339 e. The summed E-state index contributed by atoms with van der Waals surface area (Å²) in [4.78, 5) is 3.08. The normalized spacial score (nSPS) is 12.3. The second-order valence-corrected chi connectivity index (χ2v) is 20.9. The summed E-state index contributed by atoms with van der Waals surface area (Å²) in [7, 11) is -7.89. The molecule has 0 radical (unpaired) electrons. The summed E-state index contributed by atoms with van der Waals surface area (Å²) < 4.78 is 85.3. The number of methoxy groups -OCH3 is 1. The predicted molar refractivity (Wildman–Crippen MR) is 223 cm³/mol. The average molecular weight is 837 g/mol. The second-order valence-electron chi connectivity index (χ2n) is 16.0. The van der Waals surface area contributed by atoms with E-state index in [1.807, 2.05) is 6.92 Å². The van der Waals surface area contributed by atoms with Gasteiger partial charge in [0.2, 0.25) is 0 Å². The number of rotatable bonds is 11. The zero-order valence-corrected chi connectivity index (χ0v) is 36.7. The van der Waals surface area contributed by atoms with E-state index in [2.05, 4.69) is 135 Å². The Hall–Kier alpha value is -4.69. The Morgan fingerprint density at radius 1 is 0.491 bits per heavy atom. The van der Waals surface area contributed by atoms with Crippen LogP contribution >= 0.6 is 0 Å². The molecule has 0 bridgehead atoms. The van der Waals surface area contributed by atoms with E-state index in [9.17, 15) is 21.4 Å². The van der Waals surface area contributed by atoms with Gasteiger partial charge in [-0.05, 0) is 166 Å². The van der Waals surface area contributed by atoms with Crippen molar-refractivity contribution in [3.8, 4) is 28.7 Å². The van der Waals surface area contributed by atoms with Gasteiger partial charge in [0.05, 0.1) is 22.9 Å². The van der Waals surface area contributed by atoms with Crippen molar-refractivity contribution in [2.24, 2.45) is 0 Å². The molecule has 57 heavy (non-hydrogen) atoms. The van der Waals surface area contributed by atoms with Crippen molar-refractivity contribution in [2.75, 3.05) is 7.11 Å². The molecule has 10 nitrogen and oxygen atoms in total. The smallest absolute Gasteiger partial charge is 0.339 e. The first-order chi connectivity index (χ1) is 26.3. The van der Waals surface area contributed by atoms with Gasteiger partial charge >= 0.3 is 10.1 Å². The molecule has 5 rings (SSSR count). The molecule has 0 aromatic heterocycles. The van der Waals surface area contributed by atoms with Crippen molar-refractivity contribution in [2.45, 2.75) is 111 Å². The van der Waals surface area contributed by atoms with Gasteiger partial charge in [0.1, 0.15) is 49.1 Å². The van der Waals surface area contributed by atoms with Crippen LogP contribution in [0.4, 0.5) is 0 Å². The van der Waals surface area contributed by atoms with Crippen molar-refractivity contribution in [3.63, 3.8) is 0 Å². The van der Waals surface area contributed by atoms with Crippen LogP contribution in [-0.2, 0) is 31.1 Å². The first-order valence-corrected chi connectivity index (χ1v) is 22.1. The summed E-state index contributed by atoms with van der Waals surface area (Å²) in [6, 6.07) is 34.3. The first-order valence-electron chi connectivity index (χ1n) is 18.1. The van der Waals surface area contributed by atoms with E-state index in [4.69, 9.17) is 23.1 Å². The number of benzene rings is 5. The molecule has 0 aliphatic rings. The van der Waals surface area contributed by atoms with Crippen LogP contribution in [0.1, 0.15) is 67.9 Å². The molecule has 0 saturated heterocycles. The van der Waals surface area contributed by atoms with Crippen molar-refractivity contribution >= 4 is 31.1 Å². The Balaban J connectivity index is 0.000000273. The molecule has 306 valence electrons. The van der Waals surface area contributed by atoms with Gasteiger partial charge in [-0.15, -0.1) is 0 Å². The van der Waals surface area contributed by atoms with Crippen molar-refractivity contribution in [3.05, 3.63) is 121 Å². The summed E-state index contributed by atoms with van der Waals surface area (Å²) in [5, 5.41) is 0. The Morgan fingerprint density at radius 3 is 1.16 bits per heavy atom. The average Bonchev–Trinajstić information content (AvgIpc) is 3.09. The van der Waals surface area contributed by atoms with E-state index in [1.165, 1.54) is 33.9 Å². The van der Waals surface area contributed by atoms with Crippen molar-refractivity contribution in [1.82, 2.24) is 0 Å². The number of ether oxygens (including phenoxy) is 4. The molecule has 5 aromatic carbocycles. The summed E-state index contributed by atoms with van der Waals surface area (Å²) >= 11 is 0. The van der Waals surface area contributed by atoms with Gasteiger partial charge in [-0.1, -0.05) is 17.7 Å². The summed E-state index contributed by atoms with van der Waals surface area (Å²) in [6.45, 7) is 20.4. The minimum Gasteiger partial charge on any atom is -0.744 e. The fraction of sp³-hybridized carbons (Fsp3) is 0.318. The number of hydrogen-bond donors (Lipinski definition) is 0. The monoisotopic (exact) mass is 836 g/mol. The van der Waals surface area contributed by atoms with Gasteiger partial charge < -0.3 is 27.7 Å². The van der Waals surface area contributed by atoms with E-state index >= 15 is 0 Å². The Bertz CT molecular complexity index is 2160. The zero-order chi connectivity index (χ0) is 42.4. The topological polar surface area (TPSA) is 137 Å². The quantitative estimate of drug-likeness (QED) is 0.0718. The lowest BCUT2D eigenvalue weighted by Crippen LogP contribution is -2.23.